The summed E-state index contributed by atoms with van der Waals surface area (Å²) in [5.74, 6) is 0.679. The number of fused-ring (bicyclic) bond motifs is 3. The molecule has 3 aliphatic heterocycles. The molecule has 5 fully saturated rings. The second kappa shape index (κ2) is 7.17. The zero-order valence-corrected chi connectivity index (χ0v) is 18.4. The lowest BCUT2D eigenvalue weighted by atomic mass is 9.53. The summed E-state index contributed by atoms with van der Waals surface area (Å²) >= 11 is 0. The Labute approximate surface area is 183 Å². The number of hydrogen-bond acceptors (Lipinski definition) is 5. The first-order valence-electron chi connectivity index (χ1n) is 12.0. The third kappa shape index (κ3) is 3.29. The van der Waals surface area contributed by atoms with Crippen molar-refractivity contribution < 1.29 is 18.7 Å². The largest absolute Gasteiger partial charge is 0.462 e. The van der Waals surface area contributed by atoms with Crippen LogP contribution in [-0.4, -0.2) is 61.9 Å². The van der Waals surface area contributed by atoms with Crippen molar-refractivity contribution in [3.8, 4) is 0 Å². The monoisotopic (exact) mass is 428 g/mol. The molecule has 0 bridgehead atoms. The van der Waals surface area contributed by atoms with Gasteiger partial charge in [0.05, 0.1) is 23.8 Å². The Morgan fingerprint density at radius 2 is 1.94 bits per heavy atom. The van der Waals surface area contributed by atoms with E-state index in [1.54, 1.807) is 6.07 Å². The minimum Gasteiger partial charge on any atom is -0.462 e. The fourth-order valence-electron chi connectivity index (χ4n) is 7.32. The molecular formula is C25H33FN2O3. The maximum absolute atomic E-state index is 14.1. The molecule has 31 heavy (non-hydrogen) atoms. The first kappa shape index (κ1) is 20.0. The van der Waals surface area contributed by atoms with E-state index in [9.17, 15) is 9.18 Å². The predicted molar refractivity (Wildman–Crippen MR) is 115 cm³/mol. The molecule has 1 aromatic rings. The zero-order valence-electron chi connectivity index (χ0n) is 18.4. The minimum absolute atomic E-state index is 0.000421. The van der Waals surface area contributed by atoms with E-state index in [0.29, 0.717) is 17.5 Å². The number of ether oxygens (including phenoxy) is 2. The number of hydrogen-bond donors (Lipinski definition) is 0. The molecule has 168 valence electrons. The summed E-state index contributed by atoms with van der Waals surface area (Å²) < 4.78 is 26.1. The van der Waals surface area contributed by atoms with Crippen molar-refractivity contribution in [2.75, 3.05) is 44.2 Å². The van der Waals surface area contributed by atoms with Crippen LogP contribution in [0.3, 0.4) is 0 Å². The average Bonchev–Trinajstić information content (AvgIpc) is 3.46. The molecule has 2 aliphatic carbocycles. The molecule has 0 unspecified atom stereocenters. The summed E-state index contributed by atoms with van der Waals surface area (Å²) in [4.78, 5) is 17.4. The third-order valence-corrected chi connectivity index (χ3v) is 9.10. The first-order valence-corrected chi connectivity index (χ1v) is 12.0. The fraction of sp³-hybridized carbons (Fsp3) is 0.720. The molecule has 0 radical (unpaired) electrons. The van der Waals surface area contributed by atoms with Gasteiger partial charge in [0.15, 0.2) is 0 Å². The molecule has 6 atom stereocenters. The van der Waals surface area contributed by atoms with E-state index in [-0.39, 0.29) is 34.8 Å². The average molecular weight is 429 g/mol. The summed E-state index contributed by atoms with van der Waals surface area (Å²) in [5.41, 5.74) is 1.02. The predicted octanol–water partition coefficient (Wildman–Crippen LogP) is 3.47. The van der Waals surface area contributed by atoms with Gasteiger partial charge in [-0.15, -0.1) is 0 Å². The van der Waals surface area contributed by atoms with Gasteiger partial charge in [-0.2, -0.15) is 0 Å². The van der Waals surface area contributed by atoms with Crippen molar-refractivity contribution in [1.29, 1.82) is 0 Å². The van der Waals surface area contributed by atoms with Gasteiger partial charge in [-0.25, -0.2) is 4.39 Å². The molecule has 5 nitrogen and oxygen atoms in total. The molecule has 0 N–H and O–H groups in total. The number of esters is 1. The van der Waals surface area contributed by atoms with Gasteiger partial charge in [-0.1, -0.05) is 19.1 Å². The highest BCUT2D eigenvalue weighted by molar-refractivity contribution is 5.75. The molecule has 1 aromatic carbocycles. The highest BCUT2D eigenvalue weighted by Gasteiger charge is 2.65. The number of carbonyl (C=O) groups excluding carboxylic acids is 1. The Morgan fingerprint density at radius 1 is 1.16 bits per heavy atom. The van der Waals surface area contributed by atoms with Crippen LogP contribution in [-0.2, 0) is 14.3 Å². The third-order valence-electron chi connectivity index (χ3n) is 9.10. The van der Waals surface area contributed by atoms with E-state index in [4.69, 9.17) is 9.47 Å². The van der Waals surface area contributed by atoms with Crippen LogP contribution < -0.4 is 4.90 Å². The van der Waals surface area contributed by atoms with Crippen LogP contribution in [0.4, 0.5) is 10.1 Å². The molecule has 6 heteroatoms. The van der Waals surface area contributed by atoms with Gasteiger partial charge in [0, 0.05) is 38.6 Å². The number of piperazine rings is 1. The summed E-state index contributed by atoms with van der Waals surface area (Å²) in [6.07, 6.45) is 5.78. The van der Waals surface area contributed by atoms with Gasteiger partial charge in [0.1, 0.15) is 11.9 Å². The quantitative estimate of drug-likeness (QED) is 0.545. The van der Waals surface area contributed by atoms with E-state index in [2.05, 4.69) is 16.7 Å². The maximum Gasteiger partial charge on any atom is 0.310 e. The number of epoxide rings is 1. The Balaban J connectivity index is 1.12. The Morgan fingerprint density at radius 3 is 2.68 bits per heavy atom. The van der Waals surface area contributed by atoms with Crippen LogP contribution in [0.25, 0.3) is 0 Å². The van der Waals surface area contributed by atoms with Crippen molar-refractivity contribution in [2.24, 2.45) is 23.2 Å². The van der Waals surface area contributed by atoms with E-state index in [1.165, 1.54) is 25.3 Å². The summed E-state index contributed by atoms with van der Waals surface area (Å²) in [5, 5.41) is 0. The standard InChI is InChI=1S/C25H33FN2O3/c1-24-7-4-8-25(16-30-25)22(24)13-17-18(23(29)31-21(17)14-24)15-27-9-11-28(12-10-27)20-6-3-2-5-19(20)26/h2-3,5-6,17-18,21-22H,4,7-16H2,1H3/t17-,18-,21+,22+,24+,25-/m0/s1. The van der Waals surface area contributed by atoms with Crippen LogP contribution in [0.2, 0.25) is 0 Å². The summed E-state index contributed by atoms with van der Waals surface area (Å²) in [7, 11) is 0. The highest BCUT2D eigenvalue weighted by atomic mass is 19.1. The molecule has 6 rings (SSSR count). The number of carbonyl (C=O) groups is 1. The van der Waals surface area contributed by atoms with Crippen molar-refractivity contribution in [3.05, 3.63) is 30.1 Å². The van der Waals surface area contributed by atoms with Crippen molar-refractivity contribution in [3.63, 3.8) is 0 Å². The van der Waals surface area contributed by atoms with Crippen LogP contribution in [0.1, 0.15) is 39.0 Å². The lowest BCUT2D eigenvalue weighted by Gasteiger charge is -2.51. The first-order chi connectivity index (χ1) is 15.0. The van der Waals surface area contributed by atoms with Gasteiger partial charge >= 0.3 is 5.97 Å². The van der Waals surface area contributed by atoms with E-state index in [0.717, 1.165) is 52.2 Å². The summed E-state index contributed by atoms with van der Waals surface area (Å²) in [6.45, 7) is 7.35. The molecule has 2 saturated carbocycles. The summed E-state index contributed by atoms with van der Waals surface area (Å²) in [6, 6.07) is 6.99. The molecule has 5 aliphatic rings. The SMILES string of the molecule is C[C@]12CCC[C@]3(CO3)[C@@H]1C[C@H]1[C@H](CN3CCN(c4ccccc4F)CC3)C(=O)O[C@@H]1C2. The minimum atomic E-state index is -0.160. The van der Waals surface area contributed by atoms with Crippen LogP contribution in [0.15, 0.2) is 24.3 Å². The maximum atomic E-state index is 14.1. The van der Waals surface area contributed by atoms with Gasteiger partial charge in [0.25, 0.3) is 0 Å². The Hall–Kier alpha value is -1.66. The molecular weight excluding hydrogens is 395 g/mol. The van der Waals surface area contributed by atoms with Crippen LogP contribution in [0, 0.1) is 29.0 Å². The van der Waals surface area contributed by atoms with Crippen molar-refractivity contribution in [1.82, 2.24) is 4.90 Å². The number of para-hydroxylation sites is 1. The van der Waals surface area contributed by atoms with E-state index in [1.807, 2.05) is 12.1 Å². The topological polar surface area (TPSA) is 45.3 Å². The van der Waals surface area contributed by atoms with Crippen LogP contribution >= 0.6 is 0 Å². The number of benzene rings is 1. The number of rotatable bonds is 3. The van der Waals surface area contributed by atoms with Crippen molar-refractivity contribution >= 4 is 11.7 Å². The molecule has 3 heterocycles. The lowest BCUT2D eigenvalue weighted by molar-refractivity contribution is -0.147. The van der Waals surface area contributed by atoms with Gasteiger partial charge in [-0.3, -0.25) is 9.69 Å². The molecule has 0 aromatic heterocycles. The Kier molecular flexibility index (Phi) is 4.62. The van der Waals surface area contributed by atoms with E-state index >= 15 is 0 Å². The van der Waals surface area contributed by atoms with Crippen molar-refractivity contribution in [2.45, 2.75) is 50.7 Å². The second-order valence-corrected chi connectivity index (χ2v) is 10.8. The van der Waals surface area contributed by atoms with Gasteiger partial charge < -0.3 is 14.4 Å². The number of halogens is 1. The van der Waals surface area contributed by atoms with E-state index < -0.39 is 0 Å². The Bertz CT molecular complexity index is 866. The lowest BCUT2D eigenvalue weighted by Crippen LogP contribution is -2.52. The zero-order chi connectivity index (χ0) is 21.2. The van der Waals surface area contributed by atoms with Gasteiger partial charge in [0.2, 0.25) is 0 Å². The normalized spacial score (nSPS) is 42.3. The van der Waals surface area contributed by atoms with Gasteiger partial charge in [-0.05, 0) is 55.6 Å². The number of nitrogens with zero attached hydrogens (tertiary/aromatic N) is 2. The molecule has 1 spiro atoms. The van der Waals surface area contributed by atoms with Crippen LogP contribution in [0.5, 0.6) is 0 Å². The highest BCUT2D eigenvalue weighted by Crippen LogP contribution is 2.62. The fourth-order valence-corrected chi connectivity index (χ4v) is 7.32. The molecule has 3 saturated heterocycles. The number of anilines is 1. The second-order valence-electron chi connectivity index (χ2n) is 10.8. The molecule has 0 amide bonds. The smallest absolute Gasteiger partial charge is 0.310 e.